The van der Waals surface area contributed by atoms with Gasteiger partial charge in [0.05, 0.1) is 26.4 Å². The largest absolute Gasteiger partial charge is 0.377 e. The molecule has 0 amide bonds. The van der Waals surface area contributed by atoms with Crippen molar-refractivity contribution in [2.45, 2.75) is 24.4 Å². The predicted octanol–water partition coefficient (Wildman–Crippen LogP) is 7.29. The maximum atomic E-state index is 6.34. The van der Waals surface area contributed by atoms with E-state index in [1.807, 2.05) is 72.8 Å². The molecule has 4 aromatic rings. The fourth-order valence-corrected chi connectivity index (χ4v) is 4.73. The molecule has 0 spiro atoms. The molecule has 0 bridgehead atoms. The molecule has 0 saturated heterocycles. The molecule has 0 radical (unpaired) electrons. The van der Waals surface area contributed by atoms with Gasteiger partial charge in [-0.2, -0.15) is 0 Å². The van der Waals surface area contributed by atoms with E-state index in [4.69, 9.17) is 23.7 Å². The van der Waals surface area contributed by atoms with Crippen molar-refractivity contribution in [3.63, 3.8) is 0 Å². The van der Waals surface area contributed by atoms with Crippen LogP contribution in [0.5, 0.6) is 0 Å². The van der Waals surface area contributed by atoms with Crippen LogP contribution in [-0.4, -0.2) is 40.6 Å². The fraction of sp³-hybridized carbons (Fsp3) is 0.294. The number of ether oxygens (including phenoxy) is 5. The van der Waals surface area contributed by atoms with Crippen molar-refractivity contribution in [3.05, 3.63) is 144 Å². The summed E-state index contributed by atoms with van der Waals surface area (Å²) in [6, 6.07) is 40.7. The molecule has 39 heavy (non-hydrogen) atoms. The van der Waals surface area contributed by atoms with Gasteiger partial charge in [0.1, 0.15) is 24.4 Å². The molecule has 5 nitrogen and oxygen atoms in total. The van der Waals surface area contributed by atoms with Crippen molar-refractivity contribution in [2.24, 2.45) is 0 Å². The lowest BCUT2D eigenvalue weighted by molar-refractivity contribution is -0.0915. The maximum Gasteiger partial charge on any atom is 0.113 e. The first-order chi connectivity index (χ1) is 19.3. The van der Waals surface area contributed by atoms with Gasteiger partial charge in [-0.25, -0.2) is 0 Å². The highest BCUT2D eigenvalue weighted by Gasteiger charge is 2.27. The van der Waals surface area contributed by atoms with Crippen molar-refractivity contribution >= 4 is 0 Å². The summed E-state index contributed by atoms with van der Waals surface area (Å²) in [5.74, 6) is 0. The molecular weight excluding hydrogens is 488 g/mol. The lowest BCUT2D eigenvalue weighted by atomic mass is 9.98. The zero-order valence-electron chi connectivity index (χ0n) is 22.7. The molecule has 4 unspecified atom stereocenters. The van der Waals surface area contributed by atoms with E-state index in [-0.39, 0.29) is 24.4 Å². The summed E-state index contributed by atoms with van der Waals surface area (Å²) in [4.78, 5) is 0. The van der Waals surface area contributed by atoms with Gasteiger partial charge in [0.2, 0.25) is 0 Å². The zero-order valence-corrected chi connectivity index (χ0v) is 22.7. The van der Waals surface area contributed by atoms with Gasteiger partial charge < -0.3 is 23.7 Å². The molecule has 0 saturated carbocycles. The van der Waals surface area contributed by atoms with Crippen LogP contribution in [0.25, 0.3) is 0 Å². The van der Waals surface area contributed by atoms with Crippen LogP contribution >= 0.6 is 0 Å². The zero-order chi connectivity index (χ0) is 27.1. The van der Waals surface area contributed by atoms with Gasteiger partial charge >= 0.3 is 0 Å². The van der Waals surface area contributed by atoms with Crippen LogP contribution in [0.15, 0.2) is 121 Å². The Balaban J connectivity index is 1.31. The predicted molar refractivity (Wildman–Crippen MR) is 153 cm³/mol. The quantitative estimate of drug-likeness (QED) is 0.143. The third-order valence-electron chi connectivity index (χ3n) is 6.62. The molecular formula is C34H38O5. The number of hydrogen-bond donors (Lipinski definition) is 0. The monoisotopic (exact) mass is 526 g/mol. The number of hydrogen-bond acceptors (Lipinski definition) is 5. The minimum absolute atomic E-state index is 0.229. The molecule has 0 heterocycles. The van der Waals surface area contributed by atoms with Crippen molar-refractivity contribution in [2.75, 3.05) is 40.6 Å². The van der Waals surface area contributed by atoms with Gasteiger partial charge in [-0.05, 0) is 22.3 Å². The highest BCUT2D eigenvalue weighted by molar-refractivity contribution is 5.26. The van der Waals surface area contributed by atoms with E-state index >= 15 is 0 Å². The van der Waals surface area contributed by atoms with Crippen molar-refractivity contribution in [1.29, 1.82) is 0 Å². The molecule has 0 N–H and O–H groups in total. The number of rotatable bonds is 16. The summed E-state index contributed by atoms with van der Waals surface area (Å²) in [5, 5.41) is 0. The second kappa shape index (κ2) is 15.9. The Kier molecular flexibility index (Phi) is 11.7. The van der Waals surface area contributed by atoms with E-state index in [0.29, 0.717) is 26.4 Å². The lowest BCUT2D eigenvalue weighted by Crippen LogP contribution is -2.21. The molecule has 0 aliphatic heterocycles. The summed E-state index contributed by atoms with van der Waals surface area (Å²) in [6.45, 7) is 1.75. The van der Waals surface area contributed by atoms with Gasteiger partial charge in [-0.3, -0.25) is 0 Å². The van der Waals surface area contributed by atoms with E-state index in [0.717, 1.165) is 22.3 Å². The van der Waals surface area contributed by atoms with Crippen LogP contribution in [0.2, 0.25) is 0 Å². The van der Waals surface area contributed by atoms with Crippen LogP contribution in [-0.2, 0) is 23.7 Å². The first-order valence-electron chi connectivity index (χ1n) is 13.4. The average molecular weight is 527 g/mol. The lowest BCUT2D eigenvalue weighted by Gasteiger charge is -2.28. The Morgan fingerprint density at radius 3 is 0.949 bits per heavy atom. The Morgan fingerprint density at radius 1 is 0.385 bits per heavy atom. The van der Waals surface area contributed by atoms with Crippen LogP contribution in [0.4, 0.5) is 0 Å². The Labute approximate surface area is 232 Å². The van der Waals surface area contributed by atoms with E-state index in [2.05, 4.69) is 48.5 Å². The van der Waals surface area contributed by atoms with E-state index < -0.39 is 0 Å². The van der Waals surface area contributed by atoms with Crippen LogP contribution < -0.4 is 0 Å². The molecule has 5 heteroatoms. The van der Waals surface area contributed by atoms with Crippen molar-refractivity contribution in [3.8, 4) is 0 Å². The molecule has 4 aromatic carbocycles. The first kappa shape index (κ1) is 28.7. The van der Waals surface area contributed by atoms with Crippen LogP contribution in [0, 0.1) is 0 Å². The van der Waals surface area contributed by atoms with Crippen LogP contribution in [0.3, 0.4) is 0 Å². The van der Waals surface area contributed by atoms with E-state index in [1.54, 1.807) is 14.2 Å². The average Bonchev–Trinajstić information content (AvgIpc) is 3.01. The molecule has 0 aromatic heterocycles. The summed E-state index contributed by atoms with van der Waals surface area (Å²) in [7, 11) is 3.44. The number of methoxy groups -OCH3 is 2. The second-order valence-corrected chi connectivity index (χ2v) is 9.15. The van der Waals surface area contributed by atoms with Crippen molar-refractivity contribution < 1.29 is 23.7 Å². The van der Waals surface area contributed by atoms with Gasteiger partial charge in [-0.1, -0.05) is 121 Å². The second-order valence-electron chi connectivity index (χ2n) is 9.15. The fourth-order valence-electron chi connectivity index (χ4n) is 4.73. The third-order valence-corrected chi connectivity index (χ3v) is 6.62. The maximum absolute atomic E-state index is 6.34. The van der Waals surface area contributed by atoms with E-state index in [1.165, 1.54) is 0 Å². The molecule has 4 atom stereocenters. The summed E-state index contributed by atoms with van der Waals surface area (Å²) in [5.41, 5.74) is 4.27. The first-order valence-corrected chi connectivity index (χ1v) is 13.4. The topological polar surface area (TPSA) is 46.2 Å². The molecule has 0 fully saturated rings. The highest BCUT2D eigenvalue weighted by Crippen LogP contribution is 2.35. The van der Waals surface area contributed by atoms with Crippen molar-refractivity contribution in [1.82, 2.24) is 0 Å². The van der Waals surface area contributed by atoms with Gasteiger partial charge in [0.25, 0.3) is 0 Å². The summed E-state index contributed by atoms with van der Waals surface area (Å²) >= 11 is 0. The van der Waals surface area contributed by atoms with Gasteiger partial charge in [0, 0.05) is 14.2 Å². The summed E-state index contributed by atoms with van der Waals surface area (Å²) in [6.07, 6.45) is -0.969. The molecule has 204 valence electrons. The Morgan fingerprint density at radius 2 is 0.667 bits per heavy atom. The van der Waals surface area contributed by atoms with Gasteiger partial charge in [-0.15, -0.1) is 0 Å². The third kappa shape index (κ3) is 8.33. The van der Waals surface area contributed by atoms with Gasteiger partial charge in [0.15, 0.2) is 0 Å². The number of benzene rings is 4. The van der Waals surface area contributed by atoms with E-state index in [9.17, 15) is 0 Å². The molecule has 4 rings (SSSR count). The highest BCUT2D eigenvalue weighted by atomic mass is 16.6. The SMILES string of the molecule is COC(c1ccccc1)C(OCCOCCOC(c1ccccc1)C(OC)c1ccccc1)c1ccccc1. The minimum Gasteiger partial charge on any atom is -0.377 e. The Hall–Kier alpha value is -3.32. The molecule has 0 aliphatic carbocycles. The summed E-state index contributed by atoms with van der Waals surface area (Å²) < 4.78 is 30.4. The van der Waals surface area contributed by atoms with Crippen LogP contribution in [0.1, 0.15) is 46.7 Å². The normalized spacial score (nSPS) is 14.4. The smallest absolute Gasteiger partial charge is 0.113 e. The minimum atomic E-state index is -0.255. The molecule has 0 aliphatic rings. The standard InChI is InChI=1S/C34H38O5/c1-35-31(27-15-7-3-8-16-27)33(29-19-11-5-12-20-29)38-25-23-37-24-26-39-34(30-21-13-6-14-22-30)32(36-2)28-17-9-4-10-18-28/h3-22,31-34H,23-26H2,1-2H3. The Bertz CT molecular complexity index is 1080.